The molecular weight excluding hydrogens is 304 g/mol. The molecule has 0 bridgehead atoms. The number of methoxy groups -OCH3 is 1. The number of carbonyl (C=O) groups is 1. The first-order valence-corrected chi connectivity index (χ1v) is 8.98. The van der Waals surface area contributed by atoms with Gasteiger partial charge in [0.15, 0.2) is 0 Å². The highest BCUT2D eigenvalue weighted by atomic mass is 32.2. The minimum atomic E-state index is -3.39. The Morgan fingerprint density at radius 3 is 2.55 bits per heavy atom. The first-order valence-electron chi connectivity index (χ1n) is 7.13. The summed E-state index contributed by atoms with van der Waals surface area (Å²) in [5, 5.41) is 2.89. The summed E-state index contributed by atoms with van der Waals surface area (Å²) in [5.41, 5.74) is 0.732. The Hall–Kier alpha value is -1.76. The Morgan fingerprint density at radius 1 is 1.41 bits per heavy atom. The maximum absolute atomic E-state index is 12.4. The number of sulfonamides is 1. The van der Waals surface area contributed by atoms with E-state index in [1.807, 2.05) is 13.8 Å². The molecule has 22 heavy (non-hydrogen) atoms. The number of carbonyl (C=O) groups excluding carboxylic acids is 1. The fourth-order valence-corrected chi connectivity index (χ4v) is 2.56. The second-order valence-corrected chi connectivity index (χ2v) is 7.29. The molecule has 0 heterocycles. The number of anilines is 1. The maximum atomic E-state index is 12.4. The summed E-state index contributed by atoms with van der Waals surface area (Å²) < 4.78 is 29.6. The van der Waals surface area contributed by atoms with E-state index in [1.54, 1.807) is 12.1 Å². The lowest BCUT2D eigenvalue weighted by atomic mass is 10.1. The number of hydrogen-bond acceptors (Lipinski definition) is 4. The Labute approximate surface area is 132 Å². The zero-order valence-corrected chi connectivity index (χ0v) is 14.5. The van der Waals surface area contributed by atoms with Gasteiger partial charge in [0.05, 0.1) is 24.6 Å². The fourth-order valence-electron chi connectivity index (χ4n) is 2.07. The molecule has 0 spiro atoms. The quantitative estimate of drug-likeness (QED) is 0.831. The second kappa shape index (κ2) is 7.49. The number of amides is 1. The minimum absolute atomic E-state index is 0.0403. The first kappa shape index (κ1) is 18.3. The SMILES string of the molecule is CCC[C@H](C)NC(=O)c1cc(N(C)S(C)(=O)=O)ccc1OC. The third kappa shape index (κ3) is 4.62. The monoisotopic (exact) mass is 328 g/mol. The molecule has 0 aliphatic heterocycles. The number of rotatable bonds is 7. The Kier molecular flexibility index (Phi) is 6.22. The fraction of sp³-hybridized carbons (Fsp3) is 0.533. The molecule has 0 aromatic heterocycles. The molecule has 0 saturated heterocycles. The zero-order valence-electron chi connectivity index (χ0n) is 13.7. The summed E-state index contributed by atoms with van der Waals surface area (Å²) >= 11 is 0. The second-order valence-electron chi connectivity index (χ2n) is 5.28. The molecule has 1 rings (SSSR count). The van der Waals surface area contributed by atoms with Crippen LogP contribution < -0.4 is 14.4 Å². The molecule has 0 fully saturated rings. The molecule has 1 N–H and O–H groups in total. The summed E-state index contributed by atoms with van der Waals surface area (Å²) in [5.74, 6) is 0.133. The summed E-state index contributed by atoms with van der Waals surface area (Å²) in [4.78, 5) is 12.4. The van der Waals surface area contributed by atoms with Gasteiger partial charge in [-0.05, 0) is 31.5 Å². The zero-order chi connectivity index (χ0) is 16.9. The lowest BCUT2D eigenvalue weighted by Gasteiger charge is -2.19. The lowest BCUT2D eigenvalue weighted by molar-refractivity contribution is 0.0935. The molecule has 1 amide bonds. The first-order chi connectivity index (χ1) is 10.2. The largest absolute Gasteiger partial charge is 0.496 e. The Morgan fingerprint density at radius 2 is 2.05 bits per heavy atom. The van der Waals surface area contributed by atoms with Gasteiger partial charge in [-0.3, -0.25) is 9.10 Å². The van der Waals surface area contributed by atoms with Gasteiger partial charge in [-0.2, -0.15) is 0 Å². The van der Waals surface area contributed by atoms with Crippen molar-refractivity contribution in [1.82, 2.24) is 5.32 Å². The van der Waals surface area contributed by atoms with Crippen LogP contribution in [0.5, 0.6) is 5.75 Å². The average Bonchev–Trinajstić information content (AvgIpc) is 2.44. The van der Waals surface area contributed by atoms with E-state index in [-0.39, 0.29) is 11.9 Å². The van der Waals surface area contributed by atoms with Crippen LogP contribution in [0.25, 0.3) is 0 Å². The van der Waals surface area contributed by atoms with Crippen molar-refractivity contribution in [2.75, 3.05) is 24.7 Å². The van der Waals surface area contributed by atoms with E-state index >= 15 is 0 Å². The number of nitrogens with one attached hydrogen (secondary N) is 1. The van der Waals surface area contributed by atoms with Crippen LogP contribution in [0, 0.1) is 0 Å². The normalized spacial score (nSPS) is 12.6. The molecule has 0 saturated carbocycles. The predicted molar refractivity (Wildman–Crippen MR) is 88.1 cm³/mol. The summed E-state index contributed by atoms with van der Waals surface area (Å²) in [6.07, 6.45) is 2.95. The Balaban J connectivity index is 3.14. The van der Waals surface area contributed by atoms with E-state index in [4.69, 9.17) is 4.74 Å². The highest BCUT2D eigenvalue weighted by molar-refractivity contribution is 7.92. The highest BCUT2D eigenvalue weighted by Crippen LogP contribution is 2.25. The number of nitrogens with zero attached hydrogens (tertiary/aromatic N) is 1. The predicted octanol–water partition coefficient (Wildman–Crippen LogP) is 2.01. The van der Waals surface area contributed by atoms with Crippen LogP contribution >= 0.6 is 0 Å². The standard InChI is InChI=1S/C15H24N2O4S/c1-6-7-11(2)16-15(18)13-10-12(8-9-14(13)21-4)17(3)22(5,19)20/h8-11H,6-7H2,1-5H3,(H,16,18)/t11-/m0/s1. The van der Waals surface area contributed by atoms with Crippen LogP contribution in [-0.4, -0.2) is 40.8 Å². The van der Waals surface area contributed by atoms with Gasteiger partial charge in [0, 0.05) is 13.1 Å². The van der Waals surface area contributed by atoms with Crippen molar-refractivity contribution >= 4 is 21.6 Å². The van der Waals surface area contributed by atoms with Crippen molar-refractivity contribution < 1.29 is 17.9 Å². The van der Waals surface area contributed by atoms with Gasteiger partial charge in [-0.15, -0.1) is 0 Å². The van der Waals surface area contributed by atoms with Crippen molar-refractivity contribution in [3.05, 3.63) is 23.8 Å². The van der Waals surface area contributed by atoms with Crippen LogP contribution in [0.3, 0.4) is 0 Å². The van der Waals surface area contributed by atoms with Crippen LogP contribution in [-0.2, 0) is 10.0 Å². The van der Waals surface area contributed by atoms with E-state index < -0.39 is 10.0 Å². The topological polar surface area (TPSA) is 75.7 Å². The molecule has 0 unspecified atom stereocenters. The molecule has 0 aliphatic carbocycles. The van der Waals surface area contributed by atoms with Gasteiger partial charge in [0.25, 0.3) is 5.91 Å². The molecule has 1 aromatic carbocycles. The van der Waals surface area contributed by atoms with E-state index in [0.717, 1.165) is 23.4 Å². The molecule has 7 heteroatoms. The van der Waals surface area contributed by atoms with Gasteiger partial charge in [-0.1, -0.05) is 13.3 Å². The summed E-state index contributed by atoms with van der Waals surface area (Å²) in [7, 11) is -0.472. The smallest absolute Gasteiger partial charge is 0.255 e. The molecule has 124 valence electrons. The third-order valence-electron chi connectivity index (χ3n) is 3.39. The molecule has 0 aliphatic rings. The van der Waals surface area contributed by atoms with Gasteiger partial charge in [-0.25, -0.2) is 8.42 Å². The van der Waals surface area contributed by atoms with Crippen LogP contribution in [0.2, 0.25) is 0 Å². The lowest BCUT2D eigenvalue weighted by Crippen LogP contribution is -2.33. The van der Waals surface area contributed by atoms with Gasteiger partial charge < -0.3 is 10.1 Å². The molecule has 6 nitrogen and oxygen atoms in total. The van der Waals surface area contributed by atoms with Crippen molar-refractivity contribution in [1.29, 1.82) is 0 Å². The van der Waals surface area contributed by atoms with E-state index in [9.17, 15) is 13.2 Å². The minimum Gasteiger partial charge on any atom is -0.496 e. The summed E-state index contributed by atoms with van der Waals surface area (Å²) in [6, 6.07) is 4.76. The van der Waals surface area contributed by atoms with E-state index in [2.05, 4.69) is 5.32 Å². The molecule has 1 atom stereocenters. The van der Waals surface area contributed by atoms with Crippen LogP contribution in [0.1, 0.15) is 37.0 Å². The highest BCUT2D eigenvalue weighted by Gasteiger charge is 2.19. The van der Waals surface area contributed by atoms with Gasteiger partial charge in [0.2, 0.25) is 10.0 Å². The summed E-state index contributed by atoms with van der Waals surface area (Å²) in [6.45, 7) is 3.98. The van der Waals surface area contributed by atoms with Crippen molar-refractivity contribution in [2.45, 2.75) is 32.7 Å². The van der Waals surface area contributed by atoms with Gasteiger partial charge >= 0.3 is 0 Å². The molecule has 0 radical (unpaired) electrons. The Bertz CT molecular complexity index is 628. The van der Waals surface area contributed by atoms with Gasteiger partial charge in [0.1, 0.15) is 5.75 Å². The van der Waals surface area contributed by atoms with Crippen molar-refractivity contribution in [3.63, 3.8) is 0 Å². The number of hydrogen-bond donors (Lipinski definition) is 1. The third-order valence-corrected chi connectivity index (χ3v) is 4.59. The number of benzene rings is 1. The number of ether oxygens (including phenoxy) is 1. The van der Waals surface area contributed by atoms with Crippen molar-refractivity contribution in [3.8, 4) is 5.75 Å². The van der Waals surface area contributed by atoms with E-state index in [1.165, 1.54) is 20.2 Å². The van der Waals surface area contributed by atoms with Crippen molar-refractivity contribution in [2.24, 2.45) is 0 Å². The van der Waals surface area contributed by atoms with Crippen LogP contribution in [0.4, 0.5) is 5.69 Å². The van der Waals surface area contributed by atoms with Crippen LogP contribution in [0.15, 0.2) is 18.2 Å². The molecular formula is C15H24N2O4S. The maximum Gasteiger partial charge on any atom is 0.255 e. The average molecular weight is 328 g/mol. The molecule has 1 aromatic rings. The van der Waals surface area contributed by atoms with E-state index in [0.29, 0.717) is 17.0 Å².